The van der Waals surface area contributed by atoms with Crippen molar-refractivity contribution in [2.75, 3.05) is 24.8 Å². The molecule has 210 valence electrons. The highest BCUT2D eigenvalue weighted by Crippen LogP contribution is 2.27. The number of aromatic nitrogens is 3. The van der Waals surface area contributed by atoms with E-state index >= 15 is 0 Å². The number of fused-ring (bicyclic) bond motifs is 1. The number of allylic oxidation sites excluding steroid dienone is 1. The third-order valence-corrected chi connectivity index (χ3v) is 6.27. The molecular formula is C31H31FN6O3. The van der Waals surface area contributed by atoms with E-state index in [0.717, 1.165) is 5.56 Å². The standard InChI is InChI=1S/C31H31FN6O3/c1-31(2,3)16-21(17-33)28(39)36-22-8-6-7-19(13-22)11-12-38-27-20(18-35-30(34-4)37-27)14-25(29(38)40)24-15-23(41-5)9-10-26(24)32/h6-10,13-16,18H,11-12H2,1-5H3,(H,36,39)(H,34,35,37). The summed E-state index contributed by atoms with van der Waals surface area (Å²) in [5, 5.41) is 15.7. The van der Waals surface area contributed by atoms with E-state index in [1.54, 1.807) is 43.6 Å². The van der Waals surface area contributed by atoms with Crippen molar-refractivity contribution in [3.63, 3.8) is 0 Å². The van der Waals surface area contributed by atoms with Gasteiger partial charge in [0.15, 0.2) is 0 Å². The molecule has 2 aromatic carbocycles. The molecule has 2 aromatic heterocycles. The molecule has 0 bridgehead atoms. The number of anilines is 2. The van der Waals surface area contributed by atoms with Crippen LogP contribution >= 0.6 is 0 Å². The Bertz CT molecular complexity index is 1750. The van der Waals surface area contributed by atoms with Crippen molar-refractivity contribution in [1.29, 1.82) is 5.26 Å². The van der Waals surface area contributed by atoms with E-state index in [1.807, 2.05) is 32.9 Å². The van der Waals surface area contributed by atoms with E-state index in [4.69, 9.17) is 4.74 Å². The van der Waals surface area contributed by atoms with Gasteiger partial charge in [0.05, 0.1) is 12.7 Å². The fraction of sp³-hybridized carbons (Fsp3) is 0.258. The molecule has 0 unspecified atom stereocenters. The van der Waals surface area contributed by atoms with Crippen LogP contribution in [0.2, 0.25) is 0 Å². The molecule has 10 heteroatoms. The first-order valence-electron chi connectivity index (χ1n) is 13.0. The summed E-state index contributed by atoms with van der Waals surface area (Å²) in [5.41, 5.74) is 1.31. The number of nitriles is 1. The zero-order valence-electron chi connectivity index (χ0n) is 23.6. The average molecular weight is 555 g/mol. The van der Waals surface area contributed by atoms with Crippen molar-refractivity contribution < 1.29 is 13.9 Å². The second-order valence-electron chi connectivity index (χ2n) is 10.5. The zero-order valence-corrected chi connectivity index (χ0v) is 23.6. The molecule has 4 rings (SSSR count). The van der Waals surface area contributed by atoms with Crippen LogP contribution in [0.15, 0.2) is 71.2 Å². The predicted molar refractivity (Wildman–Crippen MR) is 157 cm³/mol. The van der Waals surface area contributed by atoms with Gasteiger partial charge in [0, 0.05) is 36.4 Å². The molecule has 2 N–H and O–H groups in total. The monoisotopic (exact) mass is 554 g/mol. The largest absolute Gasteiger partial charge is 0.497 e. The van der Waals surface area contributed by atoms with Gasteiger partial charge in [-0.25, -0.2) is 9.37 Å². The number of methoxy groups -OCH3 is 1. The van der Waals surface area contributed by atoms with Crippen molar-refractivity contribution in [3.8, 4) is 22.9 Å². The zero-order chi connectivity index (χ0) is 29.7. The lowest BCUT2D eigenvalue weighted by molar-refractivity contribution is -0.112. The van der Waals surface area contributed by atoms with E-state index in [2.05, 4.69) is 20.6 Å². The van der Waals surface area contributed by atoms with E-state index < -0.39 is 17.3 Å². The van der Waals surface area contributed by atoms with Crippen LogP contribution < -0.4 is 20.9 Å². The number of ether oxygens (including phenoxy) is 1. The summed E-state index contributed by atoms with van der Waals surface area (Å²) in [5.74, 6) is -0.286. The summed E-state index contributed by atoms with van der Waals surface area (Å²) in [6.45, 7) is 5.95. The number of amides is 1. The van der Waals surface area contributed by atoms with Gasteiger partial charge in [-0.05, 0) is 53.8 Å². The Morgan fingerprint density at radius 2 is 1.95 bits per heavy atom. The quantitative estimate of drug-likeness (QED) is 0.223. The summed E-state index contributed by atoms with van der Waals surface area (Å²) < 4.78 is 21.6. The van der Waals surface area contributed by atoms with Gasteiger partial charge >= 0.3 is 0 Å². The number of hydrogen-bond acceptors (Lipinski definition) is 7. The van der Waals surface area contributed by atoms with Crippen LogP contribution in [0.5, 0.6) is 5.75 Å². The van der Waals surface area contributed by atoms with E-state index in [9.17, 15) is 19.2 Å². The van der Waals surface area contributed by atoms with Crippen LogP contribution in [-0.2, 0) is 17.8 Å². The Morgan fingerprint density at radius 1 is 1.17 bits per heavy atom. The maximum absolute atomic E-state index is 14.9. The highest BCUT2D eigenvalue weighted by atomic mass is 19.1. The van der Waals surface area contributed by atoms with Crippen molar-refractivity contribution >= 4 is 28.6 Å². The summed E-state index contributed by atoms with van der Waals surface area (Å²) in [6.07, 6.45) is 3.62. The number of pyridine rings is 1. The number of halogens is 1. The minimum absolute atomic E-state index is 0.0301. The molecule has 0 aliphatic rings. The highest BCUT2D eigenvalue weighted by molar-refractivity contribution is 6.06. The van der Waals surface area contributed by atoms with Crippen molar-refractivity contribution in [1.82, 2.24) is 14.5 Å². The summed E-state index contributed by atoms with van der Waals surface area (Å²) in [7, 11) is 3.15. The second kappa shape index (κ2) is 12.0. The van der Waals surface area contributed by atoms with Crippen LogP contribution in [0.1, 0.15) is 26.3 Å². The van der Waals surface area contributed by atoms with Crippen LogP contribution in [0.25, 0.3) is 22.2 Å². The molecule has 0 saturated heterocycles. The van der Waals surface area contributed by atoms with Gasteiger partial charge in [0.2, 0.25) is 5.95 Å². The Kier molecular flexibility index (Phi) is 8.48. The number of hydrogen-bond donors (Lipinski definition) is 2. The maximum atomic E-state index is 14.9. The third kappa shape index (κ3) is 6.76. The summed E-state index contributed by atoms with van der Waals surface area (Å²) in [6, 6.07) is 15.0. The number of carbonyl (C=O) groups excluding carboxylic acids is 1. The molecule has 9 nitrogen and oxygen atoms in total. The van der Waals surface area contributed by atoms with Crippen LogP contribution in [0.3, 0.4) is 0 Å². The van der Waals surface area contributed by atoms with E-state index in [1.165, 1.54) is 29.9 Å². The van der Waals surface area contributed by atoms with Crippen LogP contribution in [-0.4, -0.2) is 34.6 Å². The smallest absolute Gasteiger partial charge is 0.265 e. The molecule has 0 atom stereocenters. The molecule has 0 aliphatic carbocycles. The van der Waals surface area contributed by atoms with Gasteiger partial charge in [0.1, 0.15) is 28.9 Å². The Balaban J connectivity index is 1.70. The molecule has 2 heterocycles. The minimum Gasteiger partial charge on any atom is -0.497 e. The van der Waals surface area contributed by atoms with Gasteiger partial charge in [-0.2, -0.15) is 10.2 Å². The lowest BCUT2D eigenvalue weighted by Crippen LogP contribution is -2.24. The normalized spacial score (nSPS) is 11.7. The van der Waals surface area contributed by atoms with Crippen molar-refractivity contribution in [2.45, 2.75) is 33.7 Å². The summed E-state index contributed by atoms with van der Waals surface area (Å²) >= 11 is 0. The van der Waals surface area contributed by atoms with Gasteiger partial charge in [-0.3, -0.25) is 14.2 Å². The van der Waals surface area contributed by atoms with E-state index in [0.29, 0.717) is 34.8 Å². The molecule has 41 heavy (non-hydrogen) atoms. The van der Waals surface area contributed by atoms with Gasteiger partial charge in [-0.1, -0.05) is 39.0 Å². The Labute approximate surface area is 237 Å². The second-order valence-corrected chi connectivity index (χ2v) is 10.5. The number of rotatable bonds is 8. The number of benzene rings is 2. The van der Waals surface area contributed by atoms with Gasteiger partial charge in [-0.15, -0.1) is 0 Å². The highest BCUT2D eigenvalue weighted by Gasteiger charge is 2.18. The molecule has 4 aromatic rings. The molecule has 0 radical (unpaired) electrons. The van der Waals surface area contributed by atoms with Gasteiger partial charge in [0.25, 0.3) is 11.5 Å². The predicted octanol–water partition coefficient (Wildman–Crippen LogP) is 5.33. The number of nitrogens with zero attached hydrogens (tertiary/aromatic N) is 4. The third-order valence-electron chi connectivity index (χ3n) is 6.27. The molecular weight excluding hydrogens is 523 g/mol. The first-order chi connectivity index (χ1) is 19.5. The molecule has 0 saturated carbocycles. The fourth-order valence-electron chi connectivity index (χ4n) is 4.34. The maximum Gasteiger partial charge on any atom is 0.265 e. The fourth-order valence-corrected chi connectivity index (χ4v) is 4.34. The topological polar surface area (TPSA) is 122 Å². The van der Waals surface area contributed by atoms with Crippen molar-refractivity contribution in [3.05, 3.63) is 88.1 Å². The lowest BCUT2D eigenvalue weighted by Gasteiger charge is -2.15. The van der Waals surface area contributed by atoms with Gasteiger partial charge < -0.3 is 15.4 Å². The Morgan fingerprint density at radius 3 is 2.63 bits per heavy atom. The minimum atomic E-state index is -0.553. The lowest BCUT2D eigenvalue weighted by atomic mass is 9.93. The molecule has 0 fully saturated rings. The van der Waals surface area contributed by atoms with E-state index in [-0.39, 0.29) is 28.7 Å². The molecule has 1 amide bonds. The Hall–Kier alpha value is -5.04. The first kappa shape index (κ1) is 29.0. The van der Waals surface area contributed by atoms with Crippen LogP contribution in [0, 0.1) is 22.6 Å². The van der Waals surface area contributed by atoms with Crippen LogP contribution in [0.4, 0.5) is 16.0 Å². The molecule has 0 aliphatic heterocycles. The SMILES string of the molecule is CNc1ncc2cc(-c3cc(OC)ccc3F)c(=O)n(CCc3cccc(NC(=O)C(C#N)=CC(C)(C)C)c3)c2n1. The van der Waals surface area contributed by atoms with Crippen molar-refractivity contribution in [2.24, 2.45) is 5.41 Å². The molecule has 0 spiro atoms. The number of aryl methyl sites for hydroxylation is 2. The summed E-state index contributed by atoms with van der Waals surface area (Å²) in [4.78, 5) is 35.2. The average Bonchev–Trinajstić information content (AvgIpc) is 2.95. The first-order valence-corrected chi connectivity index (χ1v) is 13.0. The number of carbonyl (C=O) groups is 1. The number of nitrogens with one attached hydrogen (secondary N) is 2.